The van der Waals surface area contributed by atoms with Crippen molar-refractivity contribution < 1.29 is 4.79 Å². The summed E-state index contributed by atoms with van der Waals surface area (Å²) in [4.78, 5) is 14.1. The third kappa shape index (κ3) is 5.67. The minimum atomic E-state index is 0. The molecule has 1 aromatic carbocycles. The van der Waals surface area contributed by atoms with Crippen molar-refractivity contribution in [3.05, 3.63) is 29.8 Å². The number of fused-ring (bicyclic) bond motifs is 1. The molecular formula is C16H27Cl2N3O. The molecule has 3 N–H and O–H groups in total. The summed E-state index contributed by atoms with van der Waals surface area (Å²) < 4.78 is 0. The summed E-state index contributed by atoms with van der Waals surface area (Å²) in [5.41, 5.74) is 8.38. The Hall–Kier alpha value is -0.970. The zero-order valence-corrected chi connectivity index (χ0v) is 14.9. The van der Waals surface area contributed by atoms with Gasteiger partial charge in [0.1, 0.15) is 0 Å². The highest BCUT2D eigenvalue weighted by molar-refractivity contribution is 5.85. The second-order valence-electron chi connectivity index (χ2n) is 5.74. The fourth-order valence-corrected chi connectivity index (χ4v) is 2.64. The molecule has 2 atom stereocenters. The van der Waals surface area contributed by atoms with Crippen LogP contribution in [-0.4, -0.2) is 31.1 Å². The van der Waals surface area contributed by atoms with E-state index in [9.17, 15) is 4.79 Å². The summed E-state index contributed by atoms with van der Waals surface area (Å²) in [6.07, 6.45) is 2.35. The van der Waals surface area contributed by atoms with Gasteiger partial charge in [0, 0.05) is 37.3 Å². The van der Waals surface area contributed by atoms with Crippen molar-refractivity contribution in [3.63, 3.8) is 0 Å². The molecule has 4 nitrogen and oxygen atoms in total. The van der Waals surface area contributed by atoms with Gasteiger partial charge in [0.05, 0.1) is 0 Å². The topological polar surface area (TPSA) is 58.4 Å². The van der Waals surface area contributed by atoms with E-state index in [1.807, 2.05) is 6.92 Å². The van der Waals surface area contributed by atoms with Crippen molar-refractivity contribution in [1.82, 2.24) is 5.32 Å². The van der Waals surface area contributed by atoms with Gasteiger partial charge in [-0.15, -0.1) is 24.8 Å². The zero-order chi connectivity index (χ0) is 14.5. The van der Waals surface area contributed by atoms with Gasteiger partial charge in [-0.1, -0.05) is 18.2 Å². The highest BCUT2D eigenvalue weighted by Crippen LogP contribution is 2.28. The standard InChI is InChI=1S/C16H25N3O.2ClH/c1-12(17)7-8-16(20)18-11-13(2)19-10-9-14-5-3-4-6-15(14)19;;/h3-6,12-13H,7-11,17H2,1-2H3,(H,18,20);2*1H. The van der Waals surface area contributed by atoms with Gasteiger partial charge in [0.15, 0.2) is 0 Å². The number of hydrogen-bond donors (Lipinski definition) is 2. The Balaban J connectivity index is 0.00000220. The number of halogens is 2. The van der Waals surface area contributed by atoms with Crippen LogP contribution in [0.1, 0.15) is 32.3 Å². The number of hydrogen-bond acceptors (Lipinski definition) is 3. The third-order valence-corrected chi connectivity index (χ3v) is 3.88. The lowest BCUT2D eigenvalue weighted by molar-refractivity contribution is -0.121. The first kappa shape index (κ1) is 21.0. The number of rotatable bonds is 6. The smallest absolute Gasteiger partial charge is 0.220 e. The van der Waals surface area contributed by atoms with Crippen molar-refractivity contribution in [2.75, 3.05) is 18.0 Å². The molecule has 0 fully saturated rings. The first-order chi connectivity index (χ1) is 9.58. The second kappa shape index (κ2) is 9.93. The number of para-hydroxylation sites is 1. The van der Waals surface area contributed by atoms with Gasteiger partial charge in [0.25, 0.3) is 0 Å². The quantitative estimate of drug-likeness (QED) is 0.831. The van der Waals surface area contributed by atoms with Crippen molar-refractivity contribution in [1.29, 1.82) is 0 Å². The minimum absolute atomic E-state index is 0. The minimum Gasteiger partial charge on any atom is -0.366 e. The second-order valence-corrected chi connectivity index (χ2v) is 5.74. The molecule has 0 aromatic heterocycles. The fraction of sp³-hybridized carbons (Fsp3) is 0.562. The molecule has 1 amide bonds. The van der Waals surface area contributed by atoms with Gasteiger partial charge in [-0.25, -0.2) is 0 Å². The van der Waals surface area contributed by atoms with E-state index in [1.54, 1.807) is 0 Å². The molecule has 1 aliphatic rings. The molecule has 2 unspecified atom stereocenters. The van der Waals surface area contributed by atoms with Gasteiger partial charge >= 0.3 is 0 Å². The van der Waals surface area contributed by atoms with Crippen molar-refractivity contribution in [2.45, 2.75) is 45.2 Å². The first-order valence-electron chi connectivity index (χ1n) is 7.44. The first-order valence-corrected chi connectivity index (χ1v) is 7.44. The van der Waals surface area contributed by atoms with Gasteiger partial charge in [-0.05, 0) is 38.3 Å². The van der Waals surface area contributed by atoms with Crippen LogP contribution in [0, 0.1) is 0 Å². The average molecular weight is 348 g/mol. The predicted molar refractivity (Wildman–Crippen MR) is 97.3 cm³/mol. The van der Waals surface area contributed by atoms with Crippen LogP contribution in [0.3, 0.4) is 0 Å². The van der Waals surface area contributed by atoms with Crippen LogP contribution >= 0.6 is 24.8 Å². The molecule has 1 aliphatic heterocycles. The average Bonchev–Trinajstić information content (AvgIpc) is 2.86. The Morgan fingerprint density at radius 1 is 1.32 bits per heavy atom. The Morgan fingerprint density at radius 2 is 2.00 bits per heavy atom. The molecule has 1 aromatic rings. The summed E-state index contributed by atoms with van der Waals surface area (Å²) in [6.45, 7) is 5.81. The summed E-state index contributed by atoms with van der Waals surface area (Å²) in [5, 5.41) is 3.01. The Labute approximate surface area is 145 Å². The van der Waals surface area contributed by atoms with Gasteiger partial charge < -0.3 is 16.0 Å². The molecule has 0 saturated heterocycles. The largest absolute Gasteiger partial charge is 0.366 e. The van der Waals surface area contributed by atoms with Crippen molar-refractivity contribution in [3.8, 4) is 0 Å². The Bertz CT molecular complexity index is 468. The van der Waals surface area contributed by atoms with Gasteiger partial charge in [-0.2, -0.15) is 0 Å². The molecule has 0 radical (unpaired) electrons. The highest BCUT2D eigenvalue weighted by atomic mass is 35.5. The van der Waals surface area contributed by atoms with E-state index in [4.69, 9.17) is 5.73 Å². The molecular weight excluding hydrogens is 321 g/mol. The van der Waals surface area contributed by atoms with Gasteiger partial charge in [-0.3, -0.25) is 4.79 Å². The molecule has 0 aliphatic carbocycles. The molecule has 126 valence electrons. The predicted octanol–water partition coefficient (Wildman–Crippen LogP) is 2.52. The van der Waals surface area contributed by atoms with Gasteiger partial charge in [0.2, 0.25) is 5.91 Å². The van der Waals surface area contributed by atoms with Crippen LogP contribution in [0.5, 0.6) is 0 Å². The normalized spacial score (nSPS) is 15.1. The lowest BCUT2D eigenvalue weighted by Gasteiger charge is -2.27. The van der Waals surface area contributed by atoms with E-state index < -0.39 is 0 Å². The number of amides is 1. The number of nitrogens with one attached hydrogen (secondary N) is 1. The van der Waals surface area contributed by atoms with Crippen LogP contribution in [0.2, 0.25) is 0 Å². The van der Waals surface area contributed by atoms with Crippen molar-refractivity contribution >= 4 is 36.4 Å². The lowest BCUT2D eigenvalue weighted by Crippen LogP contribution is -2.41. The summed E-state index contributed by atoms with van der Waals surface area (Å²) >= 11 is 0. The summed E-state index contributed by atoms with van der Waals surface area (Å²) in [6, 6.07) is 8.91. The number of benzene rings is 1. The number of anilines is 1. The number of nitrogens with two attached hydrogens (primary N) is 1. The Kier molecular flexibility index (Phi) is 9.49. The molecule has 0 bridgehead atoms. The van der Waals surface area contributed by atoms with E-state index in [1.165, 1.54) is 11.3 Å². The number of carbonyl (C=O) groups excluding carboxylic acids is 1. The maximum Gasteiger partial charge on any atom is 0.220 e. The molecule has 6 heteroatoms. The summed E-state index contributed by atoms with van der Waals surface area (Å²) in [7, 11) is 0. The number of nitrogens with zero attached hydrogens (tertiary/aromatic N) is 1. The SMILES string of the molecule is CC(N)CCC(=O)NCC(C)N1CCc2ccccc21.Cl.Cl. The van der Waals surface area contributed by atoms with Crippen LogP contribution < -0.4 is 16.0 Å². The van der Waals surface area contributed by atoms with Crippen LogP contribution in [-0.2, 0) is 11.2 Å². The maximum absolute atomic E-state index is 11.7. The number of carbonyl (C=O) groups is 1. The molecule has 0 spiro atoms. The Morgan fingerprint density at radius 3 is 2.68 bits per heavy atom. The monoisotopic (exact) mass is 347 g/mol. The van der Waals surface area contributed by atoms with E-state index in [0.717, 1.165) is 19.4 Å². The molecule has 2 rings (SSSR count). The van der Waals surface area contributed by atoms with E-state index in [-0.39, 0.29) is 36.8 Å². The van der Waals surface area contributed by atoms with E-state index in [0.29, 0.717) is 19.0 Å². The third-order valence-electron chi connectivity index (χ3n) is 3.88. The fourth-order valence-electron chi connectivity index (χ4n) is 2.64. The van der Waals surface area contributed by atoms with E-state index in [2.05, 4.69) is 41.4 Å². The van der Waals surface area contributed by atoms with E-state index >= 15 is 0 Å². The molecule has 1 heterocycles. The highest BCUT2D eigenvalue weighted by Gasteiger charge is 2.22. The summed E-state index contributed by atoms with van der Waals surface area (Å²) in [5.74, 6) is 0.0987. The lowest BCUT2D eigenvalue weighted by atomic mass is 10.1. The van der Waals surface area contributed by atoms with Crippen LogP contribution in [0.15, 0.2) is 24.3 Å². The zero-order valence-electron chi connectivity index (χ0n) is 13.2. The van der Waals surface area contributed by atoms with Crippen LogP contribution in [0.4, 0.5) is 5.69 Å². The molecule has 22 heavy (non-hydrogen) atoms. The molecule has 0 saturated carbocycles. The van der Waals surface area contributed by atoms with Crippen molar-refractivity contribution in [2.24, 2.45) is 5.73 Å². The maximum atomic E-state index is 11.7. The van der Waals surface area contributed by atoms with Crippen LogP contribution in [0.25, 0.3) is 0 Å².